The van der Waals surface area contributed by atoms with Crippen LogP contribution >= 0.6 is 15.9 Å². The molecule has 0 spiro atoms. The van der Waals surface area contributed by atoms with E-state index in [1.807, 2.05) is 0 Å². The molecule has 0 saturated carbocycles. The number of hydrogen-bond donors (Lipinski definition) is 2. The third-order valence-corrected chi connectivity index (χ3v) is 4.30. The highest BCUT2D eigenvalue weighted by Crippen LogP contribution is 2.24. The number of benzene rings is 1. The highest BCUT2D eigenvalue weighted by Gasteiger charge is 2.21. The first-order valence-corrected chi connectivity index (χ1v) is 7.94. The van der Waals surface area contributed by atoms with Crippen molar-refractivity contribution < 1.29 is 9.53 Å². The monoisotopic (exact) mass is 355 g/mol. The SMILES string of the molecule is COCC1CCCN(CC(=O)Nc2ccc(N)cc2Br)C1. The number of hydrogen-bond acceptors (Lipinski definition) is 4. The molecule has 1 saturated heterocycles. The Bertz CT molecular complexity index is 494. The quantitative estimate of drug-likeness (QED) is 0.795. The summed E-state index contributed by atoms with van der Waals surface area (Å²) in [6.07, 6.45) is 2.29. The van der Waals surface area contributed by atoms with Crippen molar-refractivity contribution in [2.75, 3.05) is 44.4 Å². The van der Waals surface area contributed by atoms with Gasteiger partial charge < -0.3 is 15.8 Å². The lowest BCUT2D eigenvalue weighted by Crippen LogP contribution is -2.41. The van der Waals surface area contributed by atoms with Gasteiger partial charge in [0.15, 0.2) is 0 Å². The third-order valence-electron chi connectivity index (χ3n) is 3.64. The van der Waals surface area contributed by atoms with Gasteiger partial charge in [0.25, 0.3) is 0 Å². The number of methoxy groups -OCH3 is 1. The molecule has 3 N–H and O–H groups in total. The van der Waals surface area contributed by atoms with Crippen LogP contribution in [0.2, 0.25) is 0 Å². The van der Waals surface area contributed by atoms with Crippen LogP contribution < -0.4 is 11.1 Å². The normalized spacial score (nSPS) is 19.4. The van der Waals surface area contributed by atoms with E-state index in [2.05, 4.69) is 26.1 Å². The molecular weight excluding hydrogens is 334 g/mol. The number of likely N-dealkylation sites (tertiary alicyclic amines) is 1. The predicted molar refractivity (Wildman–Crippen MR) is 88.2 cm³/mol. The molecule has 5 nitrogen and oxygen atoms in total. The zero-order chi connectivity index (χ0) is 15.2. The number of nitrogen functional groups attached to an aromatic ring is 1. The van der Waals surface area contributed by atoms with E-state index < -0.39 is 0 Å². The van der Waals surface area contributed by atoms with Gasteiger partial charge in [0.1, 0.15) is 0 Å². The first kappa shape index (κ1) is 16.3. The second-order valence-corrected chi connectivity index (χ2v) is 6.34. The van der Waals surface area contributed by atoms with Gasteiger partial charge in [-0.25, -0.2) is 0 Å². The summed E-state index contributed by atoms with van der Waals surface area (Å²) in [6, 6.07) is 5.36. The van der Waals surface area contributed by atoms with Crippen LogP contribution in [-0.2, 0) is 9.53 Å². The lowest BCUT2D eigenvalue weighted by atomic mass is 9.99. The van der Waals surface area contributed by atoms with Crippen molar-refractivity contribution in [1.82, 2.24) is 4.90 Å². The number of nitrogens with zero attached hydrogens (tertiary/aromatic N) is 1. The van der Waals surface area contributed by atoms with Crippen LogP contribution in [0.25, 0.3) is 0 Å². The van der Waals surface area contributed by atoms with E-state index in [4.69, 9.17) is 10.5 Å². The summed E-state index contributed by atoms with van der Waals surface area (Å²) in [4.78, 5) is 14.3. The second-order valence-electron chi connectivity index (χ2n) is 5.49. The van der Waals surface area contributed by atoms with Crippen molar-refractivity contribution in [2.45, 2.75) is 12.8 Å². The fraction of sp³-hybridized carbons (Fsp3) is 0.533. The number of nitrogens with one attached hydrogen (secondary N) is 1. The van der Waals surface area contributed by atoms with Gasteiger partial charge in [0.2, 0.25) is 5.91 Å². The fourth-order valence-electron chi connectivity index (χ4n) is 2.69. The second kappa shape index (κ2) is 7.77. The first-order chi connectivity index (χ1) is 10.1. The van der Waals surface area contributed by atoms with Crippen molar-refractivity contribution in [3.05, 3.63) is 22.7 Å². The van der Waals surface area contributed by atoms with Crippen LogP contribution in [0.5, 0.6) is 0 Å². The zero-order valence-corrected chi connectivity index (χ0v) is 13.9. The Kier molecular flexibility index (Phi) is 6.02. The summed E-state index contributed by atoms with van der Waals surface area (Å²) in [5.74, 6) is 0.526. The zero-order valence-electron chi connectivity index (χ0n) is 12.3. The summed E-state index contributed by atoms with van der Waals surface area (Å²) >= 11 is 3.41. The average molecular weight is 356 g/mol. The summed E-state index contributed by atoms with van der Waals surface area (Å²) in [5, 5.41) is 2.92. The van der Waals surface area contributed by atoms with Gasteiger partial charge in [-0.1, -0.05) is 0 Å². The van der Waals surface area contributed by atoms with Gasteiger partial charge in [0.05, 0.1) is 18.8 Å². The van der Waals surface area contributed by atoms with Crippen LogP contribution in [0.15, 0.2) is 22.7 Å². The maximum atomic E-state index is 12.1. The van der Waals surface area contributed by atoms with Crippen LogP contribution in [0.4, 0.5) is 11.4 Å². The van der Waals surface area contributed by atoms with Crippen molar-refractivity contribution in [2.24, 2.45) is 5.92 Å². The Hall–Kier alpha value is -1.11. The predicted octanol–water partition coefficient (Wildman–Crippen LogP) is 2.33. The Morgan fingerprint density at radius 3 is 3.10 bits per heavy atom. The van der Waals surface area contributed by atoms with E-state index in [-0.39, 0.29) is 5.91 Å². The molecule has 116 valence electrons. The molecule has 2 rings (SSSR count). The minimum absolute atomic E-state index is 0.00135. The molecule has 21 heavy (non-hydrogen) atoms. The Morgan fingerprint density at radius 2 is 2.38 bits per heavy atom. The summed E-state index contributed by atoms with van der Waals surface area (Å²) in [7, 11) is 1.73. The highest BCUT2D eigenvalue weighted by molar-refractivity contribution is 9.10. The largest absolute Gasteiger partial charge is 0.399 e. The molecule has 1 amide bonds. The molecule has 1 aromatic rings. The van der Waals surface area contributed by atoms with Gasteiger partial charge >= 0.3 is 0 Å². The Morgan fingerprint density at radius 1 is 1.57 bits per heavy atom. The molecule has 1 atom stereocenters. The molecule has 1 aliphatic heterocycles. The van der Waals surface area contributed by atoms with Crippen LogP contribution in [0, 0.1) is 5.92 Å². The highest BCUT2D eigenvalue weighted by atomic mass is 79.9. The number of ether oxygens (including phenoxy) is 1. The Balaban J connectivity index is 1.86. The smallest absolute Gasteiger partial charge is 0.238 e. The van der Waals surface area contributed by atoms with E-state index >= 15 is 0 Å². The molecule has 1 heterocycles. The molecular formula is C15H22BrN3O2. The number of rotatable bonds is 5. The molecule has 6 heteroatoms. The minimum atomic E-state index is -0.00135. The number of carbonyl (C=O) groups excluding carboxylic acids is 1. The van der Waals surface area contributed by atoms with E-state index in [1.54, 1.807) is 25.3 Å². The van der Waals surface area contributed by atoms with Gasteiger partial charge in [-0.05, 0) is 59.4 Å². The lowest BCUT2D eigenvalue weighted by molar-refractivity contribution is -0.117. The minimum Gasteiger partial charge on any atom is -0.399 e. The molecule has 1 unspecified atom stereocenters. The molecule has 0 aromatic heterocycles. The van der Waals surface area contributed by atoms with E-state index in [9.17, 15) is 4.79 Å². The molecule has 0 aliphatic carbocycles. The number of halogens is 1. The van der Waals surface area contributed by atoms with Crippen molar-refractivity contribution in [3.63, 3.8) is 0 Å². The van der Waals surface area contributed by atoms with E-state index in [0.29, 0.717) is 18.2 Å². The van der Waals surface area contributed by atoms with Crippen molar-refractivity contribution in [3.8, 4) is 0 Å². The van der Waals surface area contributed by atoms with Crippen molar-refractivity contribution in [1.29, 1.82) is 0 Å². The van der Waals surface area contributed by atoms with Gasteiger partial charge in [-0.15, -0.1) is 0 Å². The summed E-state index contributed by atoms with van der Waals surface area (Å²) in [6.45, 7) is 3.07. The maximum Gasteiger partial charge on any atom is 0.238 e. The molecule has 1 aliphatic rings. The first-order valence-electron chi connectivity index (χ1n) is 7.14. The Labute approximate surface area is 134 Å². The number of amides is 1. The fourth-order valence-corrected chi connectivity index (χ4v) is 3.19. The van der Waals surface area contributed by atoms with E-state index in [0.717, 1.165) is 36.3 Å². The average Bonchev–Trinajstić information content (AvgIpc) is 2.43. The van der Waals surface area contributed by atoms with Crippen LogP contribution in [-0.4, -0.2) is 44.2 Å². The number of piperidine rings is 1. The lowest BCUT2D eigenvalue weighted by Gasteiger charge is -2.31. The van der Waals surface area contributed by atoms with Gasteiger partial charge in [-0.3, -0.25) is 9.69 Å². The van der Waals surface area contributed by atoms with Crippen LogP contribution in [0.3, 0.4) is 0 Å². The van der Waals surface area contributed by atoms with Crippen LogP contribution in [0.1, 0.15) is 12.8 Å². The third kappa shape index (κ3) is 4.98. The van der Waals surface area contributed by atoms with Crippen molar-refractivity contribution >= 4 is 33.2 Å². The van der Waals surface area contributed by atoms with E-state index in [1.165, 1.54) is 6.42 Å². The molecule has 1 fully saturated rings. The topological polar surface area (TPSA) is 67.6 Å². The van der Waals surface area contributed by atoms with Gasteiger partial charge in [0, 0.05) is 23.8 Å². The standard InChI is InChI=1S/C15H22BrN3O2/c1-21-10-11-3-2-6-19(8-11)9-15(20)18-14-5-4-12(17)7-13(14)16/h4-5,7,11H,2-3,6,8-10,17H2,1H3,(H,18,20). The molecule has 0 bridgehead atoms. The summed E-state index contributed by atoms with van der Waals surface area (Å²) < 4.78 is 6.01. The molecule has 0 radical (unpaired) electrons. The number of nitrogens with two attached hydrogens (primary N) is 1. The number of anilines is 2. The summed E-state index contributed by atoms with van der Waals surface area (Å²) in [5.41, 5.74) is 7.10. The van der Waals surface area contributed by atoms with Gasteiger partial charge in [-0.2, -0.15) is 0 Å². The maximum absolute atomic E-state index is 12.1. The molecule has 1 aromatic carbocycles. The number of carbonyl (C=O) groups is 1.